The van der Waals surface area contributed by atoms with Gasteiger partial charge in [0.15, 0.2) is 6.23 Å². The summed E-state index contributed by atoms with van der Waals surface area (Å²) in [4.78, 5) is 28.5. The lowest BCUT2D eigenvalue weighted by atomic mass is 10.1. The molecule has 3 heterocycles. The van der Waals surface area contributed by atoms with Crippen molar-refractivity contribution < 1.29 is 28.2 Å². The lowest BCUT2D eigenvalue weighted by Gasteiger charge is -2.37. The molecule has 1 amide bonds. The fraction of sp³-hybridized carbons (Fsp3) is 0.609. The van der Waals surface area contributed by atoms with Gasteiger partial charge in [-0.2, -0.15) is 5.10 Å². The molecule has 33 heavy (non-hydrogen) atoms. The molecule has 1 unspecified atom stereocenters. The number of amides is 1. The van der Waals surface area contributed by atoms with Gasteiger partial charge < -0.3 is 24.0 Å². The van der Waals surface area contributed by atoms with Gasteiger partial charge in [0.1, 0.15) is 17.0 Å². The summed E-state index contributed by atoms with van der Waals surface area (Å²) in [5, 5.41) is 5.13. The van der Waals surface area contributed by atoms with Crippen LogP contribution in [0.2, 0.25) is 0 Å². The van der Waals surface area contributed by atoms with E-state index in [2.05, 4.69) is 5.10 Å². The molecule has 0 saturated carbocycles. The Kier molecular flexibility index (Phi) is 6.47. The second-order valence-electron chi connectivity index (χ2n) is 9.37. The summed E-state index contributed by atoms with van der Waals surface area (Å²) < 4.78 is 33.1. The molecule has 4 rings (SSSR count). The highest BCUT2D eigenvalue weighted by molar-refractivity contribution is 6.07. The molecule has 2 saturated heterocycles. The van der Waals surface area contributed by atoms with Crippen molar-refractivity contribution in [1.29, 1.82) is 0 Å². The summed E-state index contributed by atoms with van der Waals surface area (Å²) in [7, 11) is 1.23. The predicted octanol–water partition coefficient (Wildman–Crippen LogP) is 3.72. The number of halogens is 1. The van der Waals surface area contributed by atoms with Crippen LogP contribution in [0.15, 0.2) is 12.3 Å². The zero-order valence-electron chi connectivity index (χ0n) is 19.6. The molecule has 1 atom stereocenters. The van der Waals surface area contributed by atoms with Crippen LogP contribution in [-0.4, -0.2) is 72.2 Å². The Bertz CT molecular complexity index is 1030. The number of hydrogen-bond donors (Lipinski definition) is 0. The van der Waals surface area contributed by atoms with Gasteiger partial charge in [0.2, 0.25) is 0 Å². The van der Waals surface area contributed by atoms with E-state index in [9.17, 15) is 9.59 Å². The minimum absolute atomic E-state index is 0.143. The van der Waals surface area contributed by atoms with Gasteiger partial charge in [0.25, 0.3) is 0 Å². The predicted molar refractivity (Wildman–Crippen MR) is 120 cm³/mol. The minimum Gasteiger partial charge on any atom is -0.465 e. The Labute approximate surface area is 192 Å². The number of carbonyl (C=O) groups is 2. The summed E-state index contributed by atoms with van der Waals surface area (Å²) in [5.74, 6) is -1.42. The maximum Gasteiger partial charge on any atom is 0.410 e. The number of fused-ring (bicyclic) bond motifs is 1. The molecule has 2 aliphatic rings. The third-order valence-corrected chi connectivity index (χ3v) is 5.90. The van der Waals surface area contributed by atoms with Crippen molar-refractivity contribution in [3.63, 3.8) is 0 Å². The number of rotatable bonds is 3. The van der Waals surface area contributed by atoms with Crippen LogP contribution in [0.1, 0.15) is 56.6 Å². The van der Waals surface area contributed by atoms with E-state index in [-0.39, 0.29) is 17.9 Å². The quantitative estimate of drug-likeness (QED) is 0.643. The van der Waals surface area contributed by atoms with Crippen LogP contribution in [0.4, 0.5) is 14.9 Å². The van der Waals surface area contributed by atoms with Crippen molar-refractivity contribution in [1.82, 2.24) is 14.7 Å². The Morgan fingerprint density at radius 3 is 2.52 bits per heavy atom. The molecule has 180 valence electrons. The van der Waals surface area contributed by atoms with Crippen molar-refractivity contribution in [3.8, 4) is 0 Å². The van der Waals surface area contributed by atoms with E-state index >= 15 is 4.39 Å². The number of anilines is 1. The first-order valence-electron chi connectivity index (χ1n) is 11.3. The van der Waals surface area contributed by atoms with Crippen molar-refractivity contribution >= 4 is 28.7 Å². The average molecular weight is 463 g/mol. The van der Waals surface area contributed by atoms with E-state index in [1.165, 1.54) is 13.2 Å². The van der Waals surface area contributed by atoms with Gasteiger partial charge in [-0.05, 0) is 46.1 Å². The molecule has 0 spiro atoms. The molecule has 1 aromatic heterocycles. The molecular weight excluding hydrogens is 431 g/mol. The number of carbonyl (C=O) groups excluding carboxylic acids is 2. The molecule has 2 aromatic rings. The first kappa shape index (κ1) is 23.3. The summed E-state index contributed by atoms with van der Waals surface area (Å²) in [6.45, 7) is 7.96. The summed E-state index contributed by atoms with van der Waals surface area (Å²) in [6.07, 6.45) is 3.59. The van der Waals surface area contributed by atoms with Crippen molar-refractivity contribution in [2.75, 3.05) is 44.8 Å². The third kappa shape index (κ3) is 4.75. The first-order valence-corrected chi connectivity index (χ1v) is 11.3. The van der Waals surface area contributed by atoms with Crippen LogP contribution in [-0.2, 0) is 14.2 Å². The molecule has 0 radical (unpaired) electrons. The number of benzene rings is 1. The van der Waals surface area contributed by atoms with Gasteiger partial charge >= 0.3 is 12.1 Å². The van der Waals surface area contributed by atoms with Gasteiger partial charge in [-0.15, -0.1) is 0 Å². The van der Waals surface area contributed by atoms with E-state index in [0.717, 1.165) is 19.3 Å². The Hall–Kier alpha value is -2.88. The summed E-state index contributed by atoms with van der Waals surface area (Å²) in [5.41, 5.74) is 0.290. The number of aromatic nitrogens is 2. The van der Waals surface area contributed by atoms with E-state index in [0.29, 0.717) is 49.4 Å². The molecule has 0 bridgehead atoms. The van der Waals surface area contributed by atoms with Gasteiger partial charge in [-0.25, -0.2) is 18.7 Å². The molecule has 0 aliphatic carbocycles. The number of hydrogen-bond acceptors (Lipinski definition) is 7. The first-order chi connectivity index (χ1) is 15.7. The molecule has 9 nitrogen and oxygen atoms in total. The van der Waals surface area contributed by atoms with Gasteiger partial charge in [-0.3, -0.25) is 0 Å². The lowest BCUT2D eigenvalue weighted by molar-refractivity contribution is -0.0367. The van der Waals surface area contributed by atoms with Gasteiger partial charge in [0.05, 0.1) is 24.5 Å². The van der Waals surface area contributed by atoms with E-state index in [1.807, 2.05) is 25.7 Å². The van der Waals surface area contributed by atoms with Gasteiger partial charge in [0, 0.05) is 38.2 Å². The van der Waals surface area contributed by atoms with Crippen molar-refractivity contribution in [2.45, 2.75) is 51.9 Å². The lowest BCUT2D eigenvalue weighted by Crippen LogP contribution is -2.50. The van der Waals surface area contributed by atoms with Gasteiger partial charge in [-0.1, -0.05) is 0 Å². The zero-order valence-corrected chi connectivity index (χ0v) is 19.6. The molecule has 2 fully saturated rings. The largest absolute Gasteiger partial charge is 0.465 e. The number of esters is 1. The van der Waals surface area contributed by atoms with Crippen LogP contribution < -0.4 is 4.90 Å². The van der Waals surface area contributed by atoms with Crippen LogP contribution in [0, 0.1) is 5.82 Å². The Morgan fingerprint density at radius 1 is 1.18 bits per heavy atom. The minimum atomic E-state index is -0.753. The Morgan fingerprint density at radius 2 is 1.91 bits per heavy atom. The molecule has 2 aliphatic heterocycles. The molecule has 10 heteroatoms. The van der Waals surface area contributed by atoms with E-state index < -0.39 is 17.4 Å². The van der Waals surface area contributed by atoms with Crippen molar-refractivity contribution in [2.24, 2.45) is 0 Å². The summed E-state index contributed by atoms with van der Waals surface area (Å²) >= 11 is 0. The van der Waals surface area contributed by atoms with E-state index in [4.69, 9.17) is 14.2 Å². The number of methoxy groups -OCH3 is 1. The number of nitrogens with zero attached hydrogens (tertiary/aromatic N) is 4. The fourth-order valence-electron chi connectivity index (χ4n) is 4.33. The number of piperazine rings is 1. The monoisotopic (exact) mass is 462 g/mol. The average Bonchev–Trinajstić information content (AvgIpc) is 3.22. The zero-order chi connectivity index (χ0) is 23.8. The topological polar surface area (TPSA) is 86.1 Å². The second kappa shape index (κ2) is 9.17. The normalized spacial score (nSPS) is 19.6. The van der Waals surface area contributed by atoms with Crippen molar-refractivity contribution in [3.05, 3.63) is 23.6 Å². The standard InChI is InChI=1S/C23H31FN4O5/c1-23(2,3)33-22(30)27-10-8-26(9-11-27)17-13-16(24)19(21(29)31-4)20-15(17)14-25-28(20)18-7-5-6-12-32-18/h13-14,18H,5-12H2,1-4H3. The van der Waals surface area contributed by atoms with Crippen LogP contribution in [0.3, 0.4) is 0 Å². The van der Waals surface area contributed by atoms with E-state index in [1.54, 1.807) is 15.8 Å². The highest BCUT2D eigenvalue weighted by Crippen LogP contribution is 2.36. The highest BCUT2D eigenvalue weighted by atomic mass is 19.1. The maximum atomic E-state index is 15.3. The van der Waals surface area contributed by atoms with Crippen LogP contribution in [0.5, 0.6) is 0 Å². The second-order valence-corrected chi connectivity index (χ2v) is 9.37. The molecular formula is C23H31FN4O5. The molecule has 1 aromatic carbocycles. The Balaban J connectivity index is 1.66. The highest BCUT2D eigenvalue weighted by Gasteiger charge is 2.31. The summed E-state index contributed by atoms with van der Waals surface area (Å²) in [6, 6.07) is 1.35. The van der Waals surface area contributed by atoms with Crippen LogP contribution >= 0.6 is 0 Å². The SMILES string of the molecule is COC(=O)c1c(F)cc(N2CCN(C(=O)OC(C)(C)C)CC2)c2cnn(C3CCCCO3)c12. The van der Waals surface area contributed by atoms with Crippen LogP contribution in [0.25, 0.3) is 10.9 Å². The maximum absolute atomic E-state index is 15.3. The number of ether oxygens (including phenoxy) is 3. The smallest absolute Gasteiger partial charge is 0.410 e. The third-order valence-electron chi connectivity index (χ3n) is 5.90. The molecule has 0 N–H and O–H groups in total. The fourth-order valence-corrected chi connectivity index (χ4v) is 4.33.